The molecule has 0 aliphatic carbocycles. The van der Waals surface area contributed by atoms with Gasteiger partial charge in [0, 0.05) is 36.3 Å². The molecular weight excluding hydrogens is 290 g/mol. The van der Waals surface area contributed by atoms with Crippen LogP contribution in [0, 0.1) is 11.6 Å². The zero-order valence-electron chi connectivity index (χ0n) is 11.7. The molecule has 1 saturated heterocycles. The summed E-state index contributed by atoms with van der Waals surface area (Å²) in [6, 6.07) is 6.90. The molecule has 0 saturated carbocycles. The molecule has 0 radical (unpaired) electrons. The summed E-state index contributed by atoms with van der Waals surface area (Å²) in [4.78, 5) is 0. The first kappa shape index (κ1) is 14.7. The average molecular weight is 306 g/mol. The second-order valence-electron chi connectivity index (χ2n) is 5.28. The summed E-state index contributed by atoms with van der Waals surface area (Å²) in [5.41, 5.74) is 0.699. The molecule has 4 nitrogen and oxygen atoms in total. The fourth-order valence-corrected chi connectivity index (χ4v) is 2.81. The van der Waals surface area contributed by atoms with Gasteiger partial charge in [0.05, 0.1) is 12.1 Å². The van der Waals surface area contributed by atoms with Crippen molar-refractivity contribution in [2.45, 2.75) is 12.1 Å². The Bertz CT molecular complexity index is 634. The second kappa shape index (κ2) is 5.90. The van der Waals surface area contributed by atoms with Crippen LogP contribution in [0.15, 0.2) is 36.4 Å². The van der Waals surface area contributed by atoms with Crippen molar-refractivity contribution < 1.29 is 19.0 Å². The molecule has 22 heavy (non-hydrogen) atoms. The molecule has 0 aromatic heterocycles. The lowest BCUT2D eigenvalue weighted by atomic mass is 9.91. The highest BCUT2D eigenvalue weighted by molar-refractivity contribution is 5.36. The van der Waals surface area contributed by atoms with Crippen LogP contribution in [0.2, 0.25) is 0 Å². The van der Waals surface area contributed by atoms with Crippen LogP contribution in [0.1, 0.15) is 23.2 Å². The van der Waals surface area contributed by atoms with E-state index in [9.17, 15) is 19.0 Å². The van der Waals surface area contributed by atoms with Gasteiger partial charge in [-0.2, -0.15) is 0 Å². The fraction of sp³-hybridized carbons (Fsp3) is 0.250. The topological polar surface area (TPSA) is 64.5 Å². The highest BCUT2D eigenvalue weighted by Crippen LogP contribution is 2.34. The highest BCUT2D eigenvalue weighted by atomic mass is 19.1. The van der Waals surface area contributed by atoms with E-state index < -0.39 is 23.7 Å². The number of rotatable bonds is 2. The van der Waals surface area contributed by atoms with Crippen LogP contribution in [0.3, 0.4) is 0 Å². The van der Waals surface area contributed by atoms with Gasteiger partial charge in [0.1, 0.15) is 23.1 Å². The quantitative estimate of drug-likeness (QED) is 0.688. The third-order valence-electron chi connectivity index (χ3n) is 3.83. The smallest absolute Gasteiger partial charge is 0.131 e. The molecule has 1 aliphatic heterocycles. The normalized spacial score (nSPS) is 21.7. The Morgan fingerprint density at radius 3 is 1.55 bits per heavy atom. The van der Waals surface area contributed by atoms with Gasteiger partial charge < -0.3 is 20.8 Å². The lowest BCUT2D eigenvalue weighted by Crippen LogP contribution is -2.45. The Kier molecular flexibility index (Phi) is 3.96. The minimum absolute atomic E-state index is 0.155. The zero-order chi connectivity index (χ0) is 15.7. The van der Waals surface area contributed by atoms with Crippen LogP contribution in [0.25, 0.3) is 0 Å². The lowest BCUT2D eigenvalue weighted by Gasteiger charge is -2.34. The first-order valence-electron chi connectivity index (χ1n) is 7.00. The minimum Gasteiger partial charge on any atom is -0.508 e. The van der Waals surface area contributed by atoms with E-state index in [1.807, 2.05) is 0 Å². The predicted octanol–water partition coefficient (Wildman–Crippen LogP) is 2.35. The Morgan fingerprint density at radius 1 is 0.773 bits per heavy atom. The number of phenolic OH excluding ortho intramolecular Hbond substituents is 2. The molecule has 2 aromatic rings. The van der Waals surface area contributed by atoms with Crippen molar-refractivity contribution in [3.8, 4) is 11.5 Å². The van der Waals surface area contributed by atoms with E-state index in [4.69, 9.17) is 0 Å². The molecule has 3 rings (SSSR count). The number of nitrogens with one attached hydrogen (secondary N) is 2. The summed E-state index contributed by atoms with van der Waals surface area (Å²) in [7, 11) is 0. The van der Waals surface area contributed by atoms with Crippen molar-refractivity contribution in [3.05, 3.63) is 59.2 Å². The van der Waals surface area contributed by atoms with E-state index in [0.29, 0.717) is 24.2 Å². The molecule has 0 unspecified atom stereocenters. The number of piperazine rings is 1. The van der Waals surface area contributed by atoms with Crippen LogP contribution in [0.5, 0.6) is 11.5 Å². The van der Waals surface area contributed by atoms with E-state index in [-0.39, 0.29) is 11.5 Å². The second-order valence-corrected chi connectivity index (χ2v) is 5.28. The van der Waals surface area contributed by atoms with Crippen molar-refractivity contribution in [1.29, 1.82) is 0 Å². The molecule has 4 N–H and O–H groups in total. The van der Waals surface area contributed by atoms with Gasteiger partial charge in [-0.05, 0) is 12.1 Å². The third-order valence-corrected chi connectivity index (χ3v) is 3.83. The molecule has 1 heterocycles. The maximum absolute atomic E-state index is 14.1. The van der Waals surface area contributed by atoms with Crippen LogP contribution >= 0.6 is 0 Å². The zero-order valence-corrected chi connectivity index (χ0v) is 11.7. The number of benzene rings is 2. The van der Waals surface area contributed by atoms with Crippen molar-refractivity contribution >= 4 is 0 Å². The first-order chi connectivity index (χ1) is 10.6. The third kappa shape index (κ3) is 2.75. The van der Waals surface area contributed by atoms with Gasteiger partial charge in [0.2, 0.25) is 0 Å². The fourth-order valence-electron chi connectivity index (χ4n) is 2.81. The molecule has 0 amide bonds. The monoisotopic (exact) mass is 306 g/mol. The minimum atomic E-state index is -0.551. The summed E-state index contributed by atoms with van der Waals surface area (Å²) >= 11 is 0. The Balaban J connectivity index is 2.01. The SMILES string of the molecule is Oc1ccc([C@H]2NCCN[C@@H]2c2ccc(O)cc2F)c(F)c1. The summed E-state index contributed by atoms with van der Waals surface area (Å²) < 4.78 is 28.3. The summed E-state index contributed by atoms with van der Waals surface area (Å²) in [6.45, 7) is 1.22. The van der Waals surface area contributed by atoms with E-state index >= 15 is 0 Å². The van der Waals surface area contributed by atoms with Crippen LogP contribution in [0.4, 0.5) is 8.78 Å². The van der Waals surface area contributed by atoms with E-state index in [0.717, 1.165) is 12.1 Å². The highest BCUT2D eigenvalue weighted by Gasteiger charge is 2.31. The van der Waals surface area contributed by atoms with Gasteiger partial charge in [0.15, 0.2) is 0 Å². The van der Waals surface area contributed by atoms with Gasteiger partial charge in [-0.15, -0.1) is 0 Å². The number of aromatic hydroxyl groups is 2. The molecule has 0 spiro atoms. The van der Waals surface area contributed by atoms with Gasteiger partial charge in [-0.3, -0.25) is 0 Å². The summed E-state index contributed by atoms with van der Waals surface area (Å²) in [6.07, 6.45) is 0. The molecule has 2 atom stereocenters. The van der Waals surface area contributed by atoms with E-state index in [1.54, 1.807) is 0 Å². The predicted molar refractivity (Wildman–Crippen MR) is 77.6 cm³/mol. The Morgan fingerprint density at radius 2 is 1.18 bits per heavy atom. The van der Waals surface area contributed by atoms with Crippen molar-refractivity contribution in [1.82, 2.24) is 10.6 Å². The number of phenols is 2. The van der Waals surface area contributed by atoms with Gasteiger partial charge in [0.25, 0.3) is 0 Å². The molecular formula is C16H16F2N2O2. The Hall–Kier alpha value is -2.18. The van der Waals surface area contributed by atoms with Gasteiger partial charge in [-0.1, -0.05) is 12.1 Å². The Labute approximate surface area is 126 Å². The maximum Gasteiger partial charge on any atom is 0.131 e. The first-order valence-corrected chi connectivity index (χ1v) is 7.00. The number of halogens is 2. The van der Waals surface area contributed by atoms with E-state index in [2.05, 4.69) is 10.6 Å². The lowest BCUT2D eigenvalue weighted by molar-refractivity contribution is 0.317. The molecule has 116 valence electrons. The molecule has 1 fully saturated rings. The van der Waals surface area contributed by atoms with Crippen LogP contribution in [-0.4, -0.2) is 23.3 Å². The molecule has 6 heteroatoms. The van der Waals surface area contributed by atoms with Gasteiger partial charge >= 0.3 is 0 Å². The summed E-state index contributed by atoms with van der Waals surface area (Å²) in [5, 5.41) is 25.0. The van der Waals surface area contributed by atoms with Crippen molar-refractivity contribution in [2.24, 2.45) is 0 Å². The number of hydrogen-bond donors (Lipinski definition) is 4. The maximum atomic E-state index is 14.1. The van der Waals surface area contributed by atoms with E-state index in [1.165, 1.54) is 24.3 Å². The largest absolute Gasteiger partial charge is 0.508 e. The molecule has 2 aromatic carbocycles. The molecule has 0 bridgehead atoms. The standard InChI is InChI=1S/C16H16F2N2O2/c17-13-7-9(21)1-3-11(13)15-16(20-6-5-19-15)12-4-2-10(22)8-14(12)18/h1-4,7-8,15-16,19-22H,5-6H2/t15-,16-/m1/s1. The van der Waals surface area contributed by atoms with Crippen molar-refractivity contribution in [2.75, 3.05) is 13.1 Å². The van der Waals surface area contributed by atoms with Crippen LogP contribution in [-0.2, 0) is 0 Å². The van der Waals surface area contributed by atoms with Crippen molar-refractivity contribution in [3.63, 3.8) is 0 Å². The summed E-state index contributed by atoms with van der Waals surface area (Å²) in [5.74, 6) is -1.41. The average Bonchev–Trinajstić information content (AvgIpc) is 2.48. The van der Waals surface area contributed by atoms with Gasteiger partial charge in [-0.25, -0.2) is 8.78 Å². The van der Waals surface area contributed by atoms with Crippen LogP contribution < -0.4 is 10.6 Å². The number of hydrogen-bond acceptors (Lipinski definition) is 4. The molecule has 1 aliphatic rings.